The van der Waals surface area contributed by atoms with Crippen LogP contribution < -0.4 is 5.32 Å². The topological polar surface area (TPSA) is 66.5 Å². The van der Waals surface area contributed by atoms with Gasteiger partial charge in [-0.3, -0.25) is 19.3 Å². The summed E-state index contributed by atoms with van der Waals surface area (Å²) in [5, 5.41) is 2.86. The zero-order valence-corrected chi connectivity index (χ0v) is 13.3. The van der Waals surface area contributed by atoms with Crippen LogP contribution in [-0.4, -0.2) is 29.2 Å². The highest BCUT2D eigenvalue weighted by molar-refractivity contribution is 6.07. The van der Waals surface area contributed by atoms with Crippen LogP contribution in [-0.2, 0) is 14.4 Å². The van der Waals surface area contributed by atoms with Crippen molar-refractivity contribution in [3.05, 3.63) is 35.9 Å². The summed E-state index contributed by atoms with van der Waals surface area (Å²) in [7, 11) is 0. The number of hydrogen-bond acceptors (Lipinski definition) is 3. The fraction of sp³-hybridized carbons (Fsp3) is 0.500. The van der Waals surface area contributed by atoms with Gasteiger partial charge in [0.2, 0.25) is 17.7 Å². The van der Waals surface area contributed by atoms with E-state index in [1.165, 1.54) is 0 Å². The lowest BCUT2D eigenvalue weighted by Gasteiger charge is -2.19. The lowest BCUT2D eigenvalue weighted by atomic mass is 9.81. The molecule has 3 rings (SSSR count). The van der Waals surface area contributed by atoms with Crippen LogP contribution in [0.3, 0.4) is 0 Å². The van der Waals surface area contributed by atoms with Gasteiger partial charge in [-0.05, 0) is 25.3 Å². The molecule has 122 valence electrons. The second-order valence-electron chi connectivity index (χ2n) is 6.46. The third kappa shape index (κ3) is 3.14. The van der Waals surface area contributed by atoms with Crippen molar-refractivity contribution < 1.29 is 14.4 Å². The number of hydrogen-bond donors (Lipinski definition) is 1. The number of nitrogens with one attached hydrogen (secondary N) is 1. The average Bonchev–Trinajstić information content (AvgIpc) is 2.81. The molecule has 3 unspecified atom stereocenters. The Balaban J connectivity index is 1.61. The second-order valence-corrected chi connectivity index (χ2v) is 6.46. The number of carbonyl (C=O) groups is 3. The summed E-state index contributed by atoms with van der Waals surface area (Å²) < 4.78 is 0. The van der Waals surface area contributed by atoms with Gasteiger partial charge in [-0.15, -0.1) is 0 Å². The Morgan fingerprint density at radius 1 is 1.13 bits per heavy atom. The molecule has 3 atom stereocenters. The molecule has 3 amide bonds. The minimum atomic E-state index is -0.290. The predicted molar refractivity (Wildman–Crippen MR) is 85.2 cm³/mol. The van der Waals surface area contributed by atoms with Crippen LogP contribution in [0.4, 0.5) is 0 Å². The summed E-state index contributed by atoms with van der Waals surface area (Å²) in [6, 6.07) is 9.46. The minimum Gasteiger partial charge on any atom is -0.348 e. The molecule has 23 heavy (non-hydrogen) atoms. The van der Waals surface area contributed by atoms with E-state index in [4.69, 9.17) is 0 Å². The number of imide groups is 1. The Kier molecular flexibility index (Phi) is 4.46. The summed E-state index contributed by atoms with van der Waals surface area (Å²) in [6.45, 7) is 1.72. The molecule has 1 heterocycles. The molecule has 1 aliphatic carbocycles. The highest BCUT2D eigenvalue weighted by atomic mass is 16.2. The maximum atomic E-state index is 12.4. The van der Waals surface area contributed by atoms with Crippen molar-refractivity contribution in [2.45, 2.75) is 38.6 Å². The molecule has 1 aromatic rings. The van der Waals surface area contributed by atoms with Crippen LogP contribution in [0.2, 0.25) is 0 Å². The highest BCUT2D eigenvalue weighted by Crippen LogP contribution is 2.37. The van der Waals surface area contributed by atoms with E-state index in [2.05, 4.69) is 5.32 Å². The second kappa shape index (κ2) is 6.52. The zero-order valence-electron chi connectivity index (χ0n) is 13.3. The van der Waals surface area contributed by atoms with Gasteiger partial charge in [0.25, 0.3) is 0 Å². The molecule has 1 saturated carbocycles. The molecule has 0 aromatic heterocycles. The van der Waals surface area contributed by atoms with Gasteiger partial charge in [0, 0.05) is 0 Å². The monoisotopic (exact) mass is 314 g/mol. The normalized spacial score (nSPS) is 25.2. The molecule has 1 N–H and O–H groups in total. The summed E-state index contributed by atoms with van der Waals surface area (Å²) in [5.41, 5.74) is 0.994. The van der Waals surface area contributed by atoms with Gasteiger partial charge in [0.15, 0.2) is 0 Å². The Morgan fingerprint density at radius 2 is 1.70 bits per heavy atom. The Morgan fingerprint density at radius 3 is 2.26 bits per heavy atom. The number of rotatable bonds is 4. The summed E-state index contributed by atoms with van der Waals surface area (Å²) >= 11 is 0. The molecule has 5 heteroatoms. The summed E-state index contributed by atoms with van der Waals surface area (Å²) in [4.78, 5) is 38.1. The number of nitrogens with zero attached hydrogens (tertiary/aromatic N) is 1. The van der Waals surface area contributed by atoms with E-state index < -0.39 is 0 Å². The fourth-order valence-electron chi connectivity index (χ4n) is 3.64. The van der Waals surface area contributed by atoms with Crippen molar-refractivity contribution in [2.24, 2.45) is 11.8 Å². The van der Waals surface area contributed by atoms with Crippen molar-refractivity contribution in [1.29, 1.82) is 0 Å². The predicted octanol–water partition coefficient (Wildman–Crippen LogP) is 2.04. The van der Waals surface area contributed by atoms with Crippen molar-refractivity contribution >= 4 is 17.7 Å². The third-order valence-electron chi connectivity index (χ3n) is 4.91. The molecular weight excluding hydrogens is 292 g/mol. The first-order valence-corrected chi connectivity index (χ1v) is 8.27. The third-order valence-corrected chi connectivity index (χ3v) is 4.91. The van der Waals surface area contributed by atoms with Gasteiger partial charge >= 0.3 is 0 Å². The molecule has 1 aliphatic heterocycles. The Hall–Kier alpha value is -2.17. The molecule has 0 radical (unpaired) electrons. The maximum Gasteiger partial charge on any atom is 0.240 e. The number of carbonyl (C=O) groups excluding carboxylic acids is 3. The molecular formula is C18H22N2O3. The van der Waals surface area contributed by atoms with Gasteiger partial charge in [0.05, 0.1) is 17.9 Å². The number of fused-ring (bicyclic) bond motifs is 1. The Bertz CT molecular complexity index is 590. The van der Waals surface area contributed by atoms with Crippen LogP contribution in [0.25, 0.3) is 0 Å². The van der Waals surface area contributed by atoms with Crippen LogP contribution in [0.5, 0.6) is 0 Å². The van der Waals surface area contributed by atoms with Crippen molar-refractivity contribution in [3.63, 3.8) is 0 Å². The first-order valence-electron chi connectivity index (χ1n) is 8.27. The molecule has 0 spiro atoms. The first-order chi connectivity index (χ1) is 11.1. The molecule has 5 nitrogen and oxygen atoms in total. The van der Waals surface area contributed by atoms with E-state index >= 15 is 0 Å². The summed E-state index contributed by atoms with van der Waals surface area (Å²) in [6.07, 6.45) is 3.53. The van der Waals surface area contributed by atoms with Crippen LogP contribution >= 0.6 is 0 Å². The van der Waals surface area contributed by atoms with Gasteiger partial charge in [-0.1, -0.05) is 43.2 Å². The number of likely N-dealkylation sites (tertiary alicyclic amines) is 1. The largest absolute Gasteiger partial charge is 0.348 e. The number of benzene rings is 1. The van der Waals surface area contributed by atoms with Crippen LogP contribution in [0.15, 0.2) is 30.3 Å². The molecule has 1 aromatic carbocycles. The summed E-state index contributed by atoms with van der Waals surface area (Å²) in [5.74, 6) is -1.02. The van der Waals surface area contributed by atoms with E-state index in [9.17, 15) is 14.4 Å². The van der Waals surface area contributed by atoms with Gasteiger partial charge in [0.1, 0.15) is 6.54 Å². The average molecular weight is 314 g/mol. The number of amides is 3. The van der Waals surface area contributed by atoms with Gasteiger partial charge < -0.3 is 5.32 Å². The smallest absolute Gasteiger partial charge is 0.240 e. The lowest BCUT2D eigenvalue weighted by molar-refractivity contribution is -0.143. The Labute approximate surface area is 136 Å². The van der Waals surface area contributed by atoms with E-state index in [0.29, 0.717) is 0 Å². The van der Waals surface area contributed by atoms with Crippen LogP contribution in [0.1, 0.15) is 44.2 Å². The van der Waals surface area contributed by atoms with Gasteiger partial charge in [-0.25, -0.2) is 0 Å². The lowest BCUT2D eigenvalue weighted by Crippen LogP contribution is -2.41. The van der Waals surface area contributed by atoms with Crippen molar-refractivity contribution in [3.8, 4) is 0 Å². The highest BCUT2D eigenvalue weighted by Gasteiger charge is 2.48. The standard InChI is InChI=1S/C18H22N2O3/c1-12(13-7-3-2-4-8-13)19-16(21)11-20-17(22)14-9-5-6-10-15(14)18(20)23/h2-4,7-8,12,14-15H,5-6,9-11H2,1H3,(H,19,21). The zero-order chi connectivity index (χ0) is 16.4. The van der Waals surface area contributed by atoms with Crippen molar-refractivity contribution in [2.75, 3.05) is 6.54 Å². The van der Waals surface area contributed by atoms with Gasteiger partial charge in [-0.2, -0.15) is 0 Å². The molecule has 2 aliphatic rings. The van der Waals surface area contributed by atoms with E-state index in [1.54, 1.807) is 0 Å². The first kappa shape index (κ1) is 15.7. The van der Waals surface area contributed by atoms with E-state index in [0.717, 1.165) is 36.1 Å². The minimum absolute atomic E-state index is 0.154. The molecule has 2 fully saturated rings. The van der Waals surface area contributed by atoms with E-state index in [1.807, 2.05) is 37.3 Å². The quantitative estimate of drug-likeness (QED) is 0.865. The van der Waals surface area contributed by atoms with Crippen molar-refractivity contribution in [1.82, 2.24) is 10.2 Å². The van der Waals surface area contributed by atoms with E-state index in [-0.39, 0.29) is 42.1 Å². The SMILES string of the molecule is CC(NC(=O)CN1C(=O)C2CCCCC2C1=O)c1ccccc1. The molecule has 1 saturated heterocycles. The van der Waals surface area contributed by atoms with Crippen LogP contribution in [0, 0.1) is 11.8 Å². The molecule has 0 bridgehead atoms. The fourth-order valence-corrected chi connectivity index (χ4v) is 3.64. The maximum absolute atomic E-state index is 12.4.